The van der Waals surface area contributed by atoms with Crippen LogP contribution in [0.1, 0.15) is 36.2 Å². The van der Waals surface area contributed by atoms with Gasteiger partial charge in [0.15, 0.2) is 5.69 Å². The van der Waals surface area contributed by atoms with Crippen LogP contribution >= 0.6 is 0 Å². The van der Waals surface area contributed by atoms with Crippen LogP contribution in [0.25, 0.3) is 0 Å². The number of hydrogen-bond donors (Lipinski definition) is 2. The van der Waals surface area contributed by atoms with Crippen molar-refractivity contribution in [2.45, 2.75) is 37.8 Å². The van der Waals surface area contributed by atoms with Crippen molar-refractivity contribution < 1.29 is 4.79 Å². The highest BCUT2D eigenvalue weighted by Crippen LogP contribution is 2.20. The van der Waals surface area contributed by atoms with Crippen molar-refractivity contribution >= 4 is 11.7 Å². The van der Waals surface area contributed by atoms with Crippen molar-refractivity contribution in [1.29, 1.82) is 0 Å². The van der Waals surface area contributed by atoms with Crippen molar-refractivity contribution in [2.24, 2.45) is 5.73 Å². The number of amides is 1. The highest BCUT2D eigenvalue weighted by atomic mass is 16.2. The third-order valence-corrected chi connectivity index (χ3v) is 3.44. The monoisotopic (exact) mass is 263 g/mol. The van der Waals surface area contributed by atoms with Crippen molar-refractivity contribution in [2.75, 3.05) is 19.4 Å². The molecule has 0 unspecified atom stereocenters. The molecular weight excluding hydrogens is 242 g/mol. The molecule has 1 aromatic rings. The van der Waals surface area contributed by atoms with Crippen LogP contribution in [-0.4, -0.2) is 47.2 Å². The summed E-state index contributed by atoms with van der Waals surface area (Å²) in [6, 6.07) is 3.88. The van der Waals surface area contributed by atoms with Crippen LogP contribution in [-0.2, 0) is 0 Å². The van der Waals surface area contributed by atoms with Crippen molar-refractivity contribution in [3.8, 4) is 0 Å². The first-order valence-electron chi connectivity index (χ1n) is 6.65. The molecule has 2 atom stereocenters. The normalized spacial score (nSPS) is 22.9. The Labute approximate surface area is 113 Å². The Kier molecular flexibility index (Phi) is 4.31. The minimum Gasteiger partial charge on any atom is -0.364 e. The number of aromatic nitrogens is 2. The van der Waals surface area contributed by atoms with E-state index in [1.54, 1.807) is 26.2 Å². The lowest BCUT2D eigenvalue weighted by molar-refractivity contribution is 0.0821. The van der Waals surface area contributed by atoms with Gasteiger partial charge in [-0.2, -0.15) is 0 Å². The summed E-state index contributed by atoms with van der Waals surface area (Å²) in [5.41, 5.74) is 6.42. The Bertz CT molecular complexity index is 431. The van der Waals surface area contributed by atoms with Crippen molar-refractivity contribution in [3.63, 3.8) is 0 Å². The van der Waals surface area contributed by atoms with E-state index >= 15 is 0 Å². The van der Waals surface area contributed by atoms with Crippen LogP contribution in [0, 0.1) is 0 Å². The molecule has 0 spiro atoms. The summed E-state index contributed by atoms with van der Waals surface area (Å²) in [4.78, 5) is 13.2. The molecule has 0 bridgehead atoms. The van der Waals surface area contributed by atoms with Gasteiger partial charge in [-0.3, -0.25) is 4.79 Å². The molecule has 1 amide bonds. The lowest BCUT2D eigenvalue weighted by atomic mass is 9.91. The lowest BCUT2D eigenvalue weighted by Crippen LogP contribution is -2.42. The maximum atomic E-state index is 11.7. The fraction of sp³-hybridized carbons (Fsp3) is 0.615. The van der Waals surface area contributed by atoms with E-state index in [2.05, 4.69) is 15.5 Å². The van der Waals surface area contributed by atoms with Crippen LogP contribution in [0.5, 0.6) is 0 Å². The van der Waals surface area contributed by atoms with Gasteiger partial charge in [0.05, 0.1) is 0 Å². The van der Waals surface area contributed by atoms with Gasteiger partial charge >= 0.3 is 0 Å². The van der Waals surface area contributed by atoms with Crippen LogP contribution in [0.4, 0.5) is 5.82 Å². The van der Waals surface area contributed by atoms with Crippen LogP contribution in [0.2, 0.25) is 0 Å². The molecule has 19 heavy (non-hydrogen) atoms. The molecule has 1 aromatic heterocycles. The van der Waals surface area contributed by atoms with Gasteiger partial charge in [-0.1, -0.05) is 12.8 Å². The number of nitrogens with one attached hydrogen (secondary N) is 1. The molecule has 6 nitrogen and oxygen atoms in total. The van der Waals surface area contributed by atoms with Crippen molar-refractivity contribution in [3.05, 3.63) is 17.8 Å². The smallest absolute Gasteiger partial charge is 0.273 e. The van der Waals surface area contributed by atoms with E-state index in [4.69, 9.17) is 5.73 Å². The quantitative estimate of drug-likeness (QED) is 0.845. The molecular formula is C13H21N5O. The Morgan fingerprint density at radius 2 is 2.05 bits per heavy atom. The second-order valence-electron chi connectivity index (χ2n) is 5.20. The summed E-state index contributed by atoms with van der Waals surface area (Å²) < 4.78 is 0. The van der Waals surface area contributed by atoms with Crippen LogP contribution < -0.4 is 11.1 Å². The fourth-order valence-corrected chi connectivity index (χ4v) is 2.28. The molecule has 1 aliphatic carbocycles. The fourth-order valence-electron chi connectivity index (χ4n) is 2.28. The maximum absolute atomic E-state index is 11.7. The zero-order valence-corrected chi connectivity index (χ0v) is 11.5. The van der Waals surface area contributed by atoms with E-state index in [0.29, 0.717) is 11.5 Å². The van der Waals surface area contributed by atoms with E-state index in [1.165, 1.54) is 17.7 Å². The van der Waals surface area contributed by atoms with Gasteiger partial charge in [-0.05, 0) is 25.0 Å². The Hall–Kier alpha value is -1.69. The first kappa shape index (κ1) is 13.7. The van der Waals surface area contributed by atoms with Gasteiger partial charge in [0.1, 0.15) is 5.82 Å². The van der Waals surface area contributed by atoms with Gasteiger partial charge in [-0.25, -0.2) is 0 Å². The molecule has 6 heteroatoms. The van der Waals surface area contributed by atoms with Gasteiger partial charge in [-0.15, -0.1) is 10.2 Å². The number of nitrogens with two attached hydrogens (primary N) is 1. The van der Waals surface area contributed by atoms with Gasteiger partial charge < -0.3 is 16.0 Å². The Balaban J connectivity index is 2.00. The molecule has 3 N–H and O–H groups in total. The first-order chi connectivity index (χ1) is 9.08. The van der Waals surface area contributed by atoms with E-state index in [0.717, 1.165) is 12.8 Å². The minimum absolute atomic E-state index is 0.145. The number of carbonyl (C=O) groups is 1. The molecule has 104 valence electrons. The number of rotatable bonds is 3. The predicted octanol–water partition coefficient (Wildman–Crippen LogP) is 0.860. The molecule has 1 saturated carbocycles. The van der Waals surface area contributed by atoms with E-state index < -0.39 is 0 Å². The lowest BCUT2D eigenvalue weighted by Gasteiger charge is -2.29. The molecule has 1 fully saturated rings. The topological polar surface area (TPSA) is 84.1 Å². The average Bonchev–Trinajstić information content (AvgIpc) is 2.41. The van der Waals surface area contributed by atoms with Gasteiger partial charge in [0.2, 0.25) is 0 Å². The summed E-state index contributed by atoms with van der Waals surface area (Å²) in [5, 5.41) is 11.3. The molecule has 0 aliphatic heterocycles. The second-order valence-corrected chi connectivity index (χ2v) is 5.20. The van der Waals surface area contributed by atoms with Crippen LogP contribution in [0.3, 0.4) is 0 Å². The molecule has 0 aromatic carbocycles. The summed E-state index contributed by atoms with van der Waals surface area (Å²) >= 11 is 0. The summed E-state index contributed by atoms with van der Waals surface area (Å²) in [5.74, 6) is 0.533. The van der Waals surface area contributed by atoms with Crippen molar-refractivity contribution in [1.82, 2.24) is 15.1 Å². The second kappa shape index (κ2) is 5.97. The highest BCUT2D eigenvalue weighted by molar-refractivity contribution is 5.91. The number of anilines is 1. The third kappa shape index (κ3) is 3.41. The number of nitrogens with zero attached hydrogens (tertiary/aromatic N) is 3. The average molecular weight is 263 g/mol. The van der Waals surface area contributed by atoms with E-state index in [9.17, 15) is 4.79 Å². The zero-order valence-electron chi connectivity index (χ0n) is 11.5. The molecule has 1 aliphatic rings. The standard InChI is InChI=1S/C13H21N5O/c1-18(2)13(19)11-7-8-12(17-16-11)15-10-6-4-3-5-9(10)14/h7-10H,3-6,14H2,1-2H3,(H,15,17)/t9-,10-/m1/s1. The molecule has 0 saturated heterocycles. The van der Waals surface area contributed by atoms with Gasteiger partial charge in [0, 0.05) is 26.2 Å². The third-order valence-electron chi connectivity index (χ3n) is 3.44. The van der Waals surface area contributed by atoms with Crippen LogP contribution in [0.15, 0.2) is 12.1 Å². The summed E-state index contributed by atoms with van der Waals surface area (Å²) in [7, 11) is 3.38. The number of carbonyl (C=O) groups excluding carboxylic acids is 1. The minimum atomic E-state index is -0.145. The largest absolute Gasteiger partial charge is 0.364 e. The highest BCUT2D eigenvalue weighted by Gasteiger charge is 2.22. The Morgan fingerprint density at radius 3 is 2.63 bits per heavy atom. The zero-order chi connectivity index (χ0) is 13.8. The molecule has 1 heterocycles. The predicted molar refractivity (Wildman–Crippen MR) is 73.9 cm³/mol. The summed E-state index contributed by atoms with van der Waals surface area (Å²) in [6.07, 6.45) is 4.49. The van der Waals surface area contributed by atoms with E-state index in [1.807, 2.05) is 0 Å². The Morgan fingerprint density at radius 1 is 1.32 bits per heavy atom. The maximum Gasteiger partial charge on any atom is 0.273 e. The number of hydrogen-bond acceptors (Lipinski definition) is 5. The SMILES string of the molecule is CN(C)C(=O)c1ccc(N[C@@H]2CCCC[C@H]2N)nn1. The first-order valence-corrected chi connectivity index (χ1v) is 6.65. The summed E-state index contributed by atoms with van der Waals surface area (Å²) in [6.45, 7) is 0. The van der Waals surface area contributed by atoms with E-state index in [-0.39, 0.29) is 18.0 Å². The molecule has 2 rings (SSSR count). The molecule has 0 radical (unpaired) electrons. The van der Waals surface area contributed by atoms with Gasteiger partial charge in [0.25, 0.3) is 5.91 Å².